The van der Waals surface area contributed by atoms with Crippen LogP contribution in [0.3, 0.4) is 0 Å². The molecule has 0 saturated carbocycles. The average Bonchev–Trinajstić information content (AvgIpc) is 2.97. The molecule has 0 spiro atoms. The molecule has 1 aromatic heterocycles. The van der Waals surface area contributed by atoms with Crippen molar-refractivity contribution in [2.24, 2.45) is 0 Å². The molecule has 0 aliphatic carbocycles. The second-order valence-electron chi connectivity index (χ2n) is 8.22. The van der Waals surface area contributed by atoms with Crippen LogP contribution in [0.2, 0.25) is 0 Å². The number of amides is 1. The number of benzene rings is 1. The van der Waals surface area contributed by atoms with Crippen molar-refractivity contribution in [3.63, 3.8) is 0 Å². The van der Waals surface area contributed by atoms with Crippen molar-refractivity contribution in [2.45, 2.75) is 60.0 Å². The number of carbonyl (C=O) groups is 3. The van der Waals surface area contributed by atoms with Crippen molar-refractivity contribution in [3.05, 3.63) is 51.4 Å². The SMILES string of the molecule is CCOC(=O)c1c(NC(=O)c2ccc(C(C)(C)C)cc2)sc(C(=O)OC(C)C)c1C. The highest BCUT2D eigenvalue weighted by Gasteiger charge is 2.28. The number of thiophene rings is 1. The Morgan fingerprint density at radius 3 is 2.17 bits per heavy atom. The van der Waals surface area contributed by atoms with Gasteiger partial charge < -0.3 is 14.8 Å². The van der Waals surface area contributed by atoms with Gasteiger partial charge in [0.15, 0.2) is 0 Å². The summed E-state index contributed by atoms with van der Waals surface area (Å²) in [5.41, 5.74) is 2.15. The van der Waals surface area contributed by atoms with E-state index in [1.165, 1.54) is 0 Å². The molecular formula is C23H29NO5S. The normalized spacial score (nSPS) is 11.3. The van der Waals surface area contributed by atoms with E-state index < -0.39 is 11.9 Å². The van der Waals surface area contributed by atoms with Gasteiger partial charge in [-0.1, -0.05) is 32.9 Å². The van der Waals surface area contributed by atoms with E-state index in [9.17, 15) is 14.4 Å². The van der Waals surface area contributed by atoms with Crippen LogP contribution in [0.4, 0.5) is 5.00 Å². The first-order chi connectivity index (χ1) is 14.0. The van der Waals surface area contributed by atoms with Crippen LogP contribution in [-0.2, 0) is 14.9 Å². The van der Waals surface area contributed by atoms with E-state index in [1.807, 2.05) is 12.1 Å². The third-order valence-electron chi connectivity index (χ3n) is 4.39. The molecule has 30 heavy (non-hydrogen) atoms. The Morgan fingerprint density at radius 2 is 1.67 bits per heavy atom. The Labute approximate surface area is 181 Å². The van der Waals surface area contributed by atoms with Crippen LogP contribution in [0, 0.1) is 6.92 Å². The molecular weight excluding hydrogens is 402 g/mol. The average molecular weight is 432 g/mol. The van der Waals surface area contributed by atoms with E-state index in [0.29, 0.717) is 11.1 Å². The predicted molar refractivity (Wildman–Crippen MR) is 119 cm³/mol. The van der Waals surface area contributed by atoms with E-state index in [-0.39, 0.29) is 39.5 Å². The summed E-state index contributed by atoms with van der Waals surface area (Å²) in [6.45, 7) is 13.3. The molecule has 2 rings (SSSR count). The predicted octanol–water partition coefficient (Wildman–Crippen LogP) is 5.35. The lowest BCUT2D eigenvalue weighted by Crippen LogP contribution is -2.16. The summed E-state index contributed by atoms with van der Waals surface area (Å²) < 4.78 is 10.4. The molecule has 2 aromatic rings. The highest BCUT2D eigenvalue weighted by Crippen LogP contribution is 2.35. The third kappa shape index (κ3) is 5.48. The molecule has 1 amide bonds. The molecule has 6 nitrogen and oxygen atoms in total. The zero-order valence-corrected chi connectivity index (χ0v) is 19.4. The Morgan fingerprint density at radius 1 is 1.07 bits per heavy atom. The van der Waals surface area contributed by atoms with Gasteiger partial charge >= 0.3 is 11.9 Å². The Kier molecular flexibility index (Phi) is 7.42. The first-order valence-electron chi connectivity index (χ1n) is 9.89. The Balaban J connectivity index is 2.38. The molecule has 7 heteroatoms. The van der Waals surface area contributed by atoms with E-state index in [2.05, 4.69) is 26.1 Å². The lowest BCUT2D eigenvalue weighted by molar-refractivity contribution is 0.0383. The molecule has 0 bridgehead atoms. The molecule has 0 fully saturated rings. The maximum absolute atomic E-state index is 12.8. The van der Waals surface area contributed by atoms with Gasteiger partial charge in [-0.15, -0.1) is 11.3 Å². The molecule has 1 aromatic carbocycles. The van der Waals surface area contributed by atoms with Crippen LogP contribution in [-0.4, -0.2) is 30.6 Å². The van der Waals surface area contributed by atoms with Gasteiger partial charge in [-0.3, -0.25) is 4.79 Å². The number of carbonyl (C=O) groups excluding carboxylic acids is 3. The maximum atomic E-state index is 12.8. The van der Waals surface area contributed by atoms with Crippen LogP contribution >= 0.6 is 11.3 Å². The van der Waals surface area contributed by atoms with E-state index >= 15 is 0 Å². The fourth-order valence-corrected chi connectivity index (χ4v) is 3.88. The zero-order chi connectivity index (χ0) is 22.6. The monoisotopic (exact) mass is 431 g/mol. The fourth-order valence-electron chi connectivity index (χ4n) is 2.81. The number of ether oxygens (including phenoxy) is 2. The lowest BCUT2D eigenvalue weighted by Gasteiger charge is -2.19. The van der Waals surface area contributed by atoms with E-state index in [1.54, 1.807) is 39.8 Å². The van der Waals surface area contributed by atoms with Crippen molar-refractivity contribution in [1.29, 1.82) is 0 Å². The number of rotatable bonds is 6. The van der Waals surface area contributed by atoms with Crippen LogP contribution in [0.1, 0.15) is 83.1 Å². The molecule has 0 aliphatic heterocycles. The summed E-state index contributed by atoms with van der Waals surface area (Å²) >= 11 is 1.01. The number of nitrogens with one attached hydrogen (secondary N) is 1. The second kappa shape index (κ2) is 9.43. The highest BCUT2D eigenvalue weighted by atomic mass is 32.1. The van der Waals surface area contributed by atoms with Crippen molar-refractivity contribution in [2.75, 3.05) is 11.9 Å². The van der Waals surface area contributed by atoms with Crippen LogP contribution < -0.4 is 5.32 Å². The van der Waals surface area contributed by atoms with Crippen molar-refractivity contribution < 1.29 is 23.9 Å². The van der Waals surface area contributed by atoms with Crippen molar-refractivity contribution in [1.82, 2.24) is 0 Å². The molecule has 0 unspecified atom stereocenters. The summed E-state index contributed by atoms with van der Waals surface area (Å²) in [5.74, 6) is -1.49. The van der Waals surface area contributed by atoms with Gasteiger partial charge in [-0.2, -0.15) is 0 Å². The van der Waals surface area contributed by atoms with E-state index in [4.69, 9.17) is 9.47 Å². The molecule has 162 valence electrons. The second-order valence-corrected chi connectivity index (χ2v) is 9.24. The smallest absolute Gasteiger partial charge is 0.348 e. The summed E-state index contributed by atoms with van der Waals surface area (Å²) in [4.78, 5) is 38.0. The minimum absolute atomic E-state index is 0.0252. The van der Waals surface area contributed by atoms with Gasteiger partial charge in [-0.25, -0.2) is 9.59 Å². The highest BCUT2D eigenvalue weighted by molar-refractivity contribution is 7.18. The maximum Gasteiger partial charge on any atom is 0.348 e. The Bertz CT molecular complexity index is 936. The van der Waals surface area contributed by atoms with Crippen LogP contribution in [0.25, 0.3) is 0 Å². The van der Waals surface area contributed by atoms with Gasteiger partial charge in [0.25, 0.3) is 5.91 Å². The topological polar surface area (TPSA) is 81.7 Å². The van der Waals surface area contributed by atoms with Gasteiger partial charge in [-0.05, 0) is 56.4 Å². The zero-order valence-electron chi connectivity index (χ0n) is 18.5. The quantitative estimate of drug-likeness (QED) is 0.624. The number of hydrogen-bond acceptors (Lipinski definition) is 6. The standard InChI is InChI=1S/C23H29NO5S/c1-8-28-21(26)17-14(4)18(22(27)29-13(2)3)30-20(17)24-19(25)15-9-11-16(12-10-15)23(5,6)7/h9-13H,8H2,1-7H3,(H,24,25). The summed E-state index contributed by atoms with van der Waals surface area (Å²) in [5, 5.41) is 3.03. The van der Waals surface area contributed by atoms with Crippen LogP contribution in [0.15, 0.2) is 24.3 Å². The van der Waals surface area contributed by atoms with Crippen molar-refractivity contribution in [3.8, 4) is 0 Å². The van der Waals surface area contributed by atoms with Crippen molar-refractivity contribution >= 4 is 34.2 Å². The minimum atomic E-state index is -0.590. The number of esters is 2. The Hall–Kier alpha value is -2.67. The van der Waals surface area contributed by atoms with Gasteiger partial charge in [0.1, 0.15) is 9.88 Å². The van der Waals surface area contributed by atoms with E-state index in [0.717, 1.165) is 16.9 Å². The fraction of sp³-hybridized carbons (Fsp3) is 0.435. The minimum Gasteiger partial charge on any atom is -0.462 e. The number of hydrogen-bond donors (Lipinski definition) is 1. The van der Waals surface area contributed by atoms with Gasteiger partial charge in [0.05, 0.1) is 18.3 Å². The molecule has 0 saturated heterocycles. The molecule has 0 aliphatic rings. The molecule has 0 atom stereocenters. The van der Waals surface area contributed by atoms with Gasteiger partial charge in [0, 0.05) is 5.56 Å². The summed E-state index contributed by atoms with van der Waals surface area (Å²) in [6.07, 6.45) is -0.301. The largest absolute Gasteiger partial charge is 0.462 e. The summed E-state index contributed by atoms with van der Waals surface area (Å²) in [6, 6.07) is 7.31. The van der Waals surface area contributed by atoms with Crippen LogP contribution in [0.5, 0.6) is 0 Å². The number of anilines is 1. The third-order valence-corrected chi connectivity index (χ3v) is 5.58. The molecule has 1 N–H and O–H groups in total. The lowest BCUT2D eigenvalue weighted by atomic mass is 9.87. The summed E-state index contributed by atoms with van der Waals surface area (Å²) in [7, 11) is 0. The van der Waals surface area contributed by atoms with Gasteiger partial charge in [0.2, 0.25) is 0 Å². The molecule has 0 radical (unpaired) electrons. The first-order valence-corrected chi connectivity index (χ1v) is 10.7. The first kappa shape index (κ1) is 23.6. The molecule has 1 heterocycles.